The Kier molecular flexibility index (Phi) is 6.21. The molecule has 2 aromatic carbocycles. The van der Waals surface area contributed by atoms with Gasteiger partial charge in [0.25, 0.3) is 0 Å². The molecule has 0 spiro atoms. The van der Waals surface area contributed by atoms with Gasteiger partial charge < -0.3 is 4.90 Å². The van der Waals surface area contributed by atoms with Gasteiger partial charge in [-0.05, 0) is 80.3 Å². The first-order valence-electron chi connectivity index (χ1n) is 10.7. The molecule has 0 bridgehead atoms. The van der Waals surface area contributed by atoms with Crippen LogP contribution in [0.5, 0.6) is 0 Å². The highest BCUT2D eigenvalue weighted by atomic mass is 32.2. The summed E-state index contributed by atoms with van der Waals surface area (Å²) in [6.07, 6.45) is 3.81. The van der Waals surface area contributed by atoms with Gasteiger partial charge in [-0.25, -0.2) is 8.51 Å². The van der Waals surface area contributed by atoms with Gasteiger partial charge in [-0.15, -0.1) is 0 Å². The number of anilines is 1. The van der Waals surface area contributed by atoms with E-state index in [2.05, 4.69) is 47.8 Å². The first-order valence-corrected chi connectivity index (χ1v) is 11.9. The zero-order valence-electron chi connectivity index (χ0n) is 17.6. The van der Waals surface area contributed by atoms with Crippen molar-refractivity contribution in [1.29, 1.82) is 0 Å². The van der Waals surface area contributed by atoms with Gasteiger partial charge in [0.05, 0.1) is 4.90 Å². The van der Waals surface area contributed by atoms with Crippen molar-refractivity contribution in [3.05, 3.63) is 66.2 Å². The zero-order chi connectivity index (χ0) is 20.4. The number of nitrogens with zero attached hydrogens (tertiary/aromatic N) is 2. The summed E-state index contributed by atoms with van der Waals surface area (Å²) in [6.45, 7) is 12.6. The number of piperidine rings is 1. The molecular weight excluding hydrogens is 376 g/mol. The first-order chi connectivity index (χ1) is 14.0. The second kappa shape index (κ2) is 8.85. The summed E-state index contributed by atoms with van der Waals surface area (Å²) in [6, 6.07) is 16.6. The predicted molar refractivity (Wildman–Crippen MR) is 123 cm³/mol. The molecule has 154 valence electrons. The average molecular weight is 409 g/mol. The van der Waals surface area contributed by atoms with E-state index >= 15 is 0 Å². The van der Waals surface area contributed by atoms with Crippen LogP contribution < -0.4 is 4.90 Å². The summed E-state index contributed by atoms with van der Waals surface area (Å²) in [5.41, 5.74) is 5.07. The minimum Gasteiger partial charge on any atom is -0.372 e. The summed E-state index contributed by atoms with van der Waals surface area (Å²) in [4.78, 5) is 3.45. The predicted octanol–water partition coefficient (Wildman–Crippen LogP) is 5.29. The molecule has 2 aromatic rings. The van der Waals surface area contributed by atoms with Gasteiger partial charge in [-0.3, -0.25) is 0 Å². The smallest absolute Gasteiger partial charge is 0.127 e. The monoisotopic (exact) mass is 408 g/mol. The van der Waals surface area contributed by atoms with Crippen LogP contribution in [-0.4, -0.2) is 34.7 Å². The molecule has 2 aliphatic heterocycles. The third kappa shape index (κ3) is 4.65. The van der Waals surface area contributed by atoms with E-state index in [-0.39, 0.29) is 0 Å². The fourth-order valence-electron chi connectivity index (χ4n) is 4.71. The maximum Gasteiger partial charge on any atom is 0.127 e. The second-order valence-electron chi connectivity index (χ2n) is 8.72. The van der Waals surface area contributed by atoms with Gasteiger partial charge in [-0.1, -0.05) is 36.4 Å². The maximum absolute atomic E-state index is 12.6. The van der Waals surface area contributed by atoms with Crippen molar-refractivity contribution >= 4 is 22.2 Å². The molecule has 1 atom stereocenters. The Morgan fingerprint density at radius 2 is 1.76 bits per heavy atom. The Morgan fingerprint density at radius 3 is 2.38 bits per heavy atom. The molecule has 0 amide bonds. The van der Waals surface area contributed by atoms with E-state index in [1.807, 2.05) is 30.3 Å². The lowest BCUT2D eigenvalue weighted by molar-refractivity contribution is 0.165. The summed E-state index contributed by atoms with van der Waals surface area (Å²) in [5, 5.41) is 0. The van der Waals surface area contributed by atoms with Crippen LogP contribution in [-0.2, 0) is 11.0 Å². The highest BCUT2D eigenvalue weighted by Crippen LogP contribution is 2.33. The minimum absolute atomic E-state index is 0.705. The van der Waals surface area contributed by atoms with E-state index in [9.17, 15) is 4.21 Å². The van der Waals surface area contributed by atoms with E-state index < -0.39 is 11.0 Å². The van der Waals surface area contributed by atoms with E-state index in [0.717, 1.165) is 42.6 Å². The number of benzene rings is 2. The van der Waals surface area contributed by atoms with E-state index in [1.165, 1.54) is 36.1 Å². The molecule has 0 saturated carbocycles. The van der Waals surface area contributed by atoms with Crippen LogP contribution in [0, 0.1) is 18.8 Å². The Morgan fingerprint density at radius 1 is 1.07 bits per heavy atom. The average Bonchev–Trinajstić information content (AvgIpc) is 2.70. The topological polar surface area (TPSA) is 23.6 Å². The van der Waals surface area contributed by atoms with Crippen molar-refractivity contribution < 1.29 is 4.21 Å². The molecule has 0 aromatic heterocycles. The van der Waals surface area contributed by atoms with Crippen molar-refractivity contribution in [2.75, 3.05) is 31.1 Å². The van der Waals surface area contributed by atoms with Crippen LogP contribution in [0.3, 0.4) is 0 Å². The molecule has 0 N–H and O–H groups in total. The van der Waals surface area contributed by atoms with Gasteiger partial charge in [0, 0.05) is 31.9 Å². The van der Waals surface area contributed by atoms with Gasteiger partial charge in [0.1, 0.15) is 11.0 Å². The molecule has 2 saturated heterocycles. The summed E-state index contributed by atoms with van der Waals surface area (Å²) >= 11 is 0. The van der Waals surface area contributed by atoms with Gasteiger partial charge in [0.2, 0.25) is 0 Å². The molecule has 4 rings (SSSR count). The number of hydrogen-bond acceptors (Lipinski definition) is 2. The third-order valence-corrected chi connectivity index (χ3v) is 7.86. The van der Waals surface area contributed by atoms with Crippen molar-refractivity contribution in [3.8, 4) is 0 Å². The minimum atomic E-state index is -0.988. The third-order valence-electron chi connectivity index (χ3n) is 6.42. The summed E-state index contributed by atoms with van der Waals surface area (Å²) in [5.74, 6) is 1.51. The molecule has 29 heavy (non-hydrogen) atoms. The van der Waals surface area contributed by atoms with Gasteiger partial charge in [0.15, 0.2) is 0 Å². The molecule has 2 aliphatic rings. The summed E-state index contributed by atoms with van der Waals surface area (Å²) in [7, 11) is -0.988. The van der Waals surface area contributed by atoms with Crippen LogP contribution >= 0.6 is 0 Å². The van der Waals surface area contributed by atoms with Crippen molar-refractivity contribution in [2.24, 2.45) is 11.8 Å². The standard InChI is InChI=1S/C25H32N2OS/c1-19(2)25-10-9-23(15-20(25)3)26-13-11-21(12-14-26)16-22-17-27(18-22)29(28)24-7-5-4-6-8-24/h4-10,15,21-22H,1,11-14,16-18H2,2-3H3. The first kappa shape index (κ1) is 20.4. The van der Waals surface area contributed by atoms with Crippen molar-refractivity contribution in [3.63, 3.8) is 0 Å². The van der Waals surface area contributed by atoms with Crippen molar-refractivity contribution in [1.82, 2.24) is 4.31 Å². The molecule has 3 nitrogen and oxygen atoms in total. The fourth-order valence-corrected chi connectivity index (χ4v) is 6.10. The van der Waals surface area contributed by atoms with Crippen molar-refractivity contribution in [2.45, 2.75) is 38.0 Å². The van der Waals surface area contributed by atoms with E-state index in [0.29, 0.717) is 5.92 Å². The summed E-state index contributed by atoms with van der Waals surface area (Å²) < 4.78 is 14.7. The quantitative estimate of drug-likeness (QED) is 0.648. The fraction of sp³-hybridized carbons (Fsp3) is 0.440. The molecule has 1 unspecified atom stereocenters. The molecule has 2 fully saturated rings. The van der Waals surface area contributed by atoms with Gasteiger partial charge in [-0.2, -0.15) is 0 Å². The Labute approximate surface area is 178 Å². The largest absolute Gasteiger partial charge is 0.372 e. The Hall–Kier alpha value is -1.91. The normalized spacial score (nSPS) is 19.7. The lowest BCUT2D eigenvalue weighted by Crippen LogP contribution is -2.48. The number of rotatable bonds is 6. The highest BCUT2D eigenvalue weighted by Gasteiger charge is 2.33. The molecule has 2 heterocycles. The molecule has 0 radical (unpaired) electrons. The lowest BCUT2D eigenvalue weighted by Gasteiger charge is -2.41. The van der Waals surface area contributed by atoms with Crippen LogP contribution in [0.2, 0.25) is 0 Å². The Bertz CT molecular complexity index is 881. The van der Waals surface area contributed by atoms with Crippen LogP contribution in [0.15, 0.2) is 60.0 Å². The lowest BCUT2D eigenvalue weighted by atomic mass is 9.84. The van der Waals surface area contributed by atoms with Crippen LogP contribution in [0.4, 0.5) is 5.69 Å². The maximum atomic E-state index is 12.6. The molecular formula is C25H32N2OS. The number of hydrogen-bond donors (Lipinski definition) is 0. The number of allylic oxidation sites excluding steroid dienone is 1. The van der Waals surface area contributed by atoms with E-state index in [1.54, 1.807) is 0 Å². The number of aryl methyl sites for hydroxylation is 1. The second-order valence-corrected chi connectivity index (χ2v) is 10.2. The highest BCUT2D eigenvalue weighted by molar-refractivity contribution is 7.82. The van der Waals surface area contributed by atoms with E-state index in [4.69, 9.17) is 0 Å². The zero-order valence-corrected chi connectivity index (χ0v) is 18.5. The SMILES string of the molecule is C=C(C)c1ccc(N2CCC(CC3CN(S(=O)c4ccccc4)C3)CC2)cc1C. The molecule has 0 aliphatic carbocycles. The van der Waals surface area contributed by atoms with Gasteiger partial charge >= 0.3 is 0 Å². The van der Waals surface area contributed by atoms with Crippen LogP contribution in [0.1, 0.15) is 37.3 Å². The Balaban J connectivity index is 1.24. The molecule has 4 heteroatoms. The van der Waals surface area contributed by atoms with Crippen LogP contribution in [0.25, 0.3) is 5.57 Å².